The molecule has 1 rings (SSSR count). The number of hydrogen-bond acceptors (Lipinski definition) is 3. The summed E-state index contributed by atoms with van der Waals surface area (Å²) in [5, 5.41) is 0. The van der Waals surface area contributed by atoms with Crippen molar-refractivity contribution in [3.63, 3.8) is 0 Å². The molecule has 0 amide bonds. The van der Waals surface area contributed by atoms with E-state index < -0.39 is 0 Å². The maximum Gasteiger partial charge on any atom is 0.138 e. The minimum absolute atomic E-state index is 0.541. The fourth-order valence-electron chi connectivity index (χ4n) is 1.85. The predicted octanol–water partition coefficient (Wildman–Crippen LogP) is 3.34. The first-order valence-electron chi connectivity index (χ1n) is 5.99. The van der Waals surface area contributed by atoms with Gasteiger partial charge in [0.25, 0.3) is 0 Å². The molecule has 1 aromatic heterocycles. The lowest BCUT2D eigenvalue weighted by Crippen LogP contribution is -2.39. The van der Waals surface area contributed by atoms with Gasteiger partial charge in [-0.05, 0) is 49.7 Å². The fourth-order valence-corrected chi connectivity index (χ4v) is 2.20. The number of aromatic nitrogens is 1. The lowest BCUT2D eigenvalue weighted by Gasteiger charge is -2.30. The van der Waals surface area contributed by atoms with Gasteiger partial charge in [-0.3, -0.25) is 9.88 Å². The van der Waals surface area contributed by atoms with Crippen molar-refractivity contribution >= 4 is 15.9 Å². The van der Waals surface area contributed by atoms with Crippen LogP contribution in [0.15, 0.2) is 22.9 Å². The van der Waals surface area contributed by atoms with Gasteiger partial charge in [0.2, 0.25) is 0 Å². The number of ether oxygens (including phenoxy) is 1. The van der Waals surface area contributed by atoms with Crippen molar-refractivity contribution < 1.29 is 4.74 Å². The predicted molar refractivity (Wildman–Crippen MR) is 74.4 cm³/mol. The highest BCUT2D eigenvalue weighted by Crippen LogP contribution is 2.15. The first kappa shape index (κ1) is 14.5. The number of halogens is 1. The topological polar surface area (TPSA) is 25.4 Å². The molecular formula is C13H21BrN2O. The van der Waals surface area contributed by atoms with Crippen molar-refractivity contribution in [2.45, 2.75) is 39.8 Å². The third-order valence-corrected chi connectivity index (χ3v) is 3.06. The van der Waals surface area contributed by atoms with Crippen molar-refractivity contribution in [3.8, 4) is 5.75 Å². The third kappa shape index (κ3) is 5.04. The zero-order valence-electron chi connectivity index (χ0n) is 11.0. The van der Waals surface area contributed by atoms with Gasteiger partial charge in [0.1, 0.15) is 12.4 Å². The molecule has 96 valence electrons. The number of hydrogen-bond donors (Lipinski definition) is 0. The second-order valence-corrected chi connectivity index (χ2v) is 5.53. The summed E-state index contributed by atoms with van der Waals surface area (Å²) in [4.78, 5) is 6.47. The zero-order chi connectivity index (χ0) is 12.8. The summed E-state index contributed by atoms with van der Waals surface area (Å²) >= 11 is 3.38. The van der Waals surface area contributed by atoms with Gasteiger partial charge in [-0.1, -0.05) is 0 Å². The summed E-state index contributed by atoms with van der Waals surface area (Å²) in [6, 6.07) is 3.01. The molecule has 3 nitrogen and oxygen atoms in total. The molecule has 4 heteroatoms. The Balaban J connectivity index is 2.41. The van der Waals surface area contributed by atoms with Crippen LogP contribution in [0.2, 0.25) is 0 Å². The van der Waals surface area contributed by atoms with E-state index in [-0.39, 0.29) is 0 Å². The van der Waals surface area contributed by atoms with E-state index in [4.69, 9.17) is 4.74 Å². The van der Waals surface area contributed by atoms with Gasteiger partial charge in [-0.2, -0.15) is 0 Å². The fraction of sp³-hybridized carbons (Fsp3) is 0.615. The van der Waals surface area contributed by atoms with E-state index in [1.54, 1.807) is 12.4 Å². The normalized spacial score (nSPS) is 11.5. The van der Waals surface area contributed by atoms with E-state index in [9.17, 15) is 0 Å². The highest BCUT2D eigenvalue weighted by atomic mass is 79.9. The molecule has 0 aliphatic heterocycles. The van der Waals surface area contributed by atoms with E-state index >= 15 is 0 Å². The minimum atomic E-state index is 0.541. The smallest absolute Gasteiger partial charge is 0.138 e. The highest BCUT2D eigenvalue weighted by molar-refractivity contribution is 9.10. The Kier molecular flexibility index (Phi) is 5.92. The van der Waals surface area contributed by atoms with E-state index in [0.717, 1.165) is 16.8 Å². The first-order chi connectivity index (χ1) is 8.00. The molecule has 0 radical (unpaired) electrons. The van der Waals surface area contributed by atoms with Gasteiger partial charge in [0.05, 0.1) is 6.20 Å². The van der Waals surface area contributed by atoms with Crippen LogP contribution in [0.25, 0.3) is 0 Å². The zero-order valence-corrected chi connectivity index (χ0v) is 12.6. The van der Waals surface area contributed by atoms with Crippen molar-refractivity contribution in [3.05, 3.63) is 22.9 Å². The lowest BCUT2D eigenvalue weighted by atomic mass is 10.2. The lowest BCUT2D eigenvalue weighted by molar-refractivity contribution is 0.142. The number of pyridine rings is 1. The van der Waals surface area contributed by atoms with Gasteiger partial charge in [0, 0.05) is 29.3 Å². The monoisotopic (exact) mass is 300 g/mol. The average molecular weight is 301 g/mol. The Morgan fingerprint density at radius 1 is 1.24 bits per heavy atom. The van der Waals surface area contributed by atoms with E-state index in [1.165, 1.54) is 0 Å². The van der Waals surface area contributed by atoms with Crippen LogP contribution in [-0.4, -0.2) is 35.1 Å². The van der Waals surface area contributed by atoms with E-state index in [1.807, 2.05) is 6.07 Å². The van der Waals surface area contributed by atoms with Crippen LogP contribution in [0.1, 0.15) is 27.7 Å². The molecule has 0 unspecified atom stereocenters. The summed E-state index contributed by atoms with van der Waals surface area (Å²) < 4.78 is 6.63. The molecule has 0 saturated heterocycles. The Bertz CT molecular complexity index is 334. The maximum absolute atomic E-state index is 5.68. The van der Waals surface area contributed by atoms with Crippen molar-refractivity contribution in [2.75, 3.05) is 13.2 Å². The van der Waals surface area contributed by atoms with E-state index in [2.05, 4.69) is 53.5 Å². The Labute approximate surface area is 112 Å². The van der Waals surface area contributed by atoms with Gasteiger partial charge in [-0.15, -0.1) is 0 Å². The van der Waals surface area contributed by atoms with Crippen molar-refractivity contribution in [2.24, 2.45) is 0 Å². The molecule has 0 bridgehead atoms. The van der Waals surface area contributed by atoms with Crippen LogP contribution >= 0.6 is 15.9 Å². The van der Waals surface area contributed by atoms with Crippen LogP contribution in [0.3, 0.4) is 0 Å². The van der Waals surface area contributed by atoms with E-state index in [0.29, 0.717) is 18.7 Å². The second-order valence-electron chi connectivity index (χ2n) is 4.61. The van der Waals surface area contributed by atoms with Gasteiger partial charge < -0.3 is 4.74 Å². The molecule has 0 fully saturated rings. The Hall–Kier alpha value is -0.610. The Morgan fingerprint density at radius 2 is 1.88 bits per heavy atom. The van der Waals surface area contributed by atoms with Crippen molar-refractivity contribution in [1.82, 2.24) is 9.88 Å². The largest absolute Gasteiger partial charge is 0.491 e. The quantitative estimate of drug-likeness (QED) is 0.806. The average Bonchev–Trinajstić information content (AvgIpc) is 2.23. The second kappa shape index (κ2) is 6.97. The Morgan fingerprint density at radius 3 is 2.41 bits per heavy atom. The standard InChI is InChI=1S/C13H21BrN2O/c1-10(2)16(11(3)4)5-6-17-13-7-12(14)8-15-9-13/h7-11H,5-6H2,1-4H3. The molecule has 1 heterocycles. The molecule has 0 spiro atoms. The van der Waals surface area contributed by atoms with Gasteiger partial charge >= 0.3 is 0 Å². The molecule has 0 aliphatic carbocycles. The molecule has 0 saturated carbocycles. The summed E-state index contributed by atoms with van der Waals surface area (Å²) in [6.07, 6.45) is 3.49. The van der Waals surface area contributed by atoms with Crippen LogP contribution in [0, 0.1) is 0 Å². The van der Waals surface area contributed by atoms with Crippen LogP contribution < -0.4 is 4.74 Å². The summed E-state index contributed by atoms with van der Waals surface area (Å²) in [5.41, 5.74) is 0. The molecule has 0 aliphatic rings. The minimum Gasteiger partial charge on any atom is -0.491 e. The number of rotatable bonds is 6. The maximum atomic E-state index is 5.68. The van der Waals surface area contributed by atoms with Gasteiger partial charge in [-0.25, -0.2) is 0 Å². The molecular weight excluding hydrogens is 280 g/mol. The summed E-state index contributed by atoms with van der Waals surface area (Å²) in [5.74, 6) is 0.812. The molecule has 0 atom stereocenters. The highest BCUT2D eigenvalue weighted by Gasteiger charge is 2.12. The summed E-state index contributed by atoms with van der Waals surface area (Å²) in [6.45, 7) is 10.5. The SMILES string of the molecule is CC(C)N(CCOc1cncc(Br)c1)C(C)C. The van der Waals surface area contributed by atoms with Crippen LogP contribution in [-0.2, 0) is 0 Å². The van der Waals surface area contributed by atoms with Gasteiger partial charge in [0.15, 0.2) is 0 Å². The first-order valence-corrected chi connectivity index (χ1v) is 6.79. The molecule has 0 N–H and O–H groups in total. The number of nitrogens with zero attached hydrogens (tertiary/aromatic N) is 2. The van der Waals surface area contributed by atoms with Crippen LogP contribution in [0.4, 0.5) is 0 Å². The summed E-state index contributed by atoms with van der Waals surface area (Å²) in [7, 11) is 0. The third-order valence-electron chi connectivity index (χ3n) is 2.62. The van der Waals surface area contributed by atoms with Crippen molar-refractivity contribution in [1.29, 1.82) is 0 Å². The molecule has 1 aromatic rings. The molecule has 17 heavy (non-hydrogen) atoms. The van der Waals surface area contributed by atoms with Crippen LogP contribution in [0.5, 0.6) is 5.75 Å². The molecule has 0 aromatic carbocycles.